The molecule has 0 spiro atoms. The number of hydrogen-bond acceptors (Lipinski definition) is 3. The molecule has 0 bridgehead atoms. The number of hydrogen-bond donors (Lipinski definition) is 0. The smallest absolute Gasteiger partial charge is 0.252 e. The molecule has 11 aromatic carbocycles. The van der Waals surface area contributed by atoms with Crippen LogP contribution in [0.15, 0.2) is 194 Å². The van der Waals surface area contributed by atoms with Crippen LogP contribution in [0.4, 0.5) is 0 Å². The Morgan fingerprint density at radius 3 is 0.734 bits per heavy atom. The Labute approximate surface area is 644 Å². The molecule has 8 heteroatoms. The van der Waals surface area contributed by atoms with Crippen LogP contribution in [-0.4, -0.2) is 39.9 Å². The van der Waals surface area contributed by atoms with Gasteiger partial charge in [-0.05, 0) is 189 Å². The molecule has 0 atom stereocenters. The zero-order valence-corrected chi connectivity index (χ0v) is 68.7. The van der Waals surface area contributed by atoms with Crippen molar-refractivity contribution in [1.29, 1.82) is 0 Å². The van der Waals surface area contributed by atoms with Crippen molar-refractivity contribution >= 4 is 110 Å². The number of aromatic nitrogens is 7. The van der Waals surface area contributed by atoms with E-state index in [0.29, 0.717) is 17.5 Å². The van der Waals surface area contributed by atoms with Gasteiger partial charge in [0, 0.05) is 65.3 Å². The highest BCUT2D eigenvalue weighted by Crippen LogP contribution is 2.54. The summed E-state index contributed by atoms with van der Waals surface area (Å²) in [6.45, 7) is 56.6. The molecule has 5 aromatic heterocycles. The van der Waals surface area contributed by atoms with Crippen molar-refractivity contribution in [1.82, 2.24) is 33.2 Å². The molecule has 18 rings (SSSR count). The summed E-state index contributed by atoms with van der Waals surface area (Å²) in [5.41, 5.74) is 28.9. The van der Waals surface area contributed by atoms with Gasteiger partial charge in [-0.15, -0.1) is 0 Å². The number of benzene rings is 11. The van der Waals surface area contributed by atoms with E-state index in [0.717, 1.165) is 72.5 Å². The third kappa shape index (κ3) is 10.8. The van der Waals surface area contributed by atoms with Crippen LogP contribution in [0.3, 0.4) is 0 Å². The summed E-state index contributed by atoms with van der Waals surface area (Å²) in [5, 5.41) is 9.79. The molecule has 0 N–H and O–H groups in total. The molecular formula is C101H104BN7. The molecule has 109 heavy (non-hydrogen) atoms. The van der Waals surface area contributed by atoms with E-state index < -0.39 is 0 Å². The van der Waals surface area contributed by atoms with Crippen LogP contribution < -0.4 is 16.4 Å². The SMILES string of the molecule is CC(C)(C)c1ccc2c(c1)c1cc(C(C)(C)C)ccc1n2-c1c(-c2nc(-c3ccccc3)nc(-c3ccccc3)n2)c(-n2c3ccc(C(C)(C)C)cc3c3cc(C(C)(C)C)ccc32)c2c3c1-n1c4ccc(C(C)(C)C)cc4c4cc(C(C)(C)C)cc(c41)B3c1cc(C(C)(C)C)cc3c4cc(C(C)(C)C)ccc4n-2c13. The van der Waals surface area contributed by atoms with Crippen LogP contribution in [0.1, 0.15) is 211 Å². The molecule has 0 saturated heterocycles. The summed E-state index contributed by atoms with van der Waals surface area (Å²) in [6, 6.07) is 76.1. The second-order valence-electron chi connectivity index (χ2n) is 40.3. The van der Waals surface area contributed by atoms with Gasteiger partial charge in [-0.3, -0.25) is 0 Å². The fourth-order valence-electron chi connectivity index (χ4n) is 17.9. The minimum Gasteiger partial charge on any atom is -0.308 e. The van der Waals surface area contributed by atoms with Crippen molar-refractivity contribution in [2.45, 2.75) is 209 Å². The Hall–Kier alpha value is -10.3. The van der Waals surface area contributed by atoms with E-state index in [4.69, 9.17) is 15.0 Å². The van der Waals surface area contributed by atoms with Gasteiger partial charge in [-0.1, -0.05) is 275 Å². The molecule has 0 aliphatic carbocycles. The van der Waals surface area contributed by atoms with Gasteiger partial charge in [-0.25, -0.2) is 15.0 Å². The van der Waals surface area contributed by atoms with Crippen LogP contribution >= 0.6 is 0 Å². The van der Waals surface area contributed by atoms with Crippen molar-refractivity contribution in [3.05, 3.63) is 239 Å². The van der Waals surface area contributed by atoms with E-state index in [1.807, 2.05) is 0 Å². The van der Waals surface area contributed by atoms with Crippen LogP contribution in [0.25, 0.3) is 144 Å². The second kappa shape index (κ2) is 23.1. The fraction of sp³-hybridized carbons (Fsp3) is 0.317. The first-order valence-electron chi connectivity index (χ1n) is 39.7. The zero-order chi connectivity index (χ0) is 77.0. The van der Waals surface area contributed by atoms with Gasteiger partial charge in [0.05, 0.1) is 61.4 Å². The van der Waals surface area contributed by atoms with E-state index in [2.05, 4.69) is 379 Å². The van der Waals surface area contributed by atoms with E-state index in [1.165, 1.54) is 115 Å². The normalized spacial score (nSPS) is 13.9. The Morgan fingerprint density at radius 1 is 0.229 bits per heavy atom. The maximum Gasteiger partial charge on any atom is 0.252 e. The molecule has 546 valence electrons. The Balaban J connectivity index is 1.22. The van der Waals surface area contributed by atoms with E-state index in [1.54, 1.807) is 0 Å². The zero-order valence-electron chi connectivity index (χ0n) is 68.7. The molecule has 0 saturated carbocycles. The van der Waals surface area contributed by atoms with E-state index in [9.17, 15) is 0 Å². The predicted octanol–water partition coefficient (Wildman–Crippen LogP) is 24.8. The first kappa shape index (κ1) is 70.4. The minimum absolute atomic E-state index is 0.149. The van der Waals surface area contributed by atoms with Crippen LogP contribution in [-0.2, 0) is 43.3 Å². The third-order valence-electron chi connectivity index (χ3n) is 24.4. The number of fused-ring (bicyclic) bond motifs is 16. The summed E-state index contributed by atoms with van der Waals surface area (Å²) in [7, 11) is 0. The van der Waals surface area contributed by atoms with Crippen molar-refractivity contribution in [3.8, 4) is 56.9 Å². The highest BCUT2D eigenvalue weighted by atomic mass is 15.1. The van der Waals surface area contributed by atoms with E-state index >= 15 is 0 Å². The Morgan fingerprint density at radius 2 is 0.468 bits per heavy atom. The van der Waals surface area contributed by atoms with Gasteiger partial charge >= 0.3 is 0 Å². The molecule has 2 aliphatic rings. The third-order valence-corrected chi connectivity index (χ3v) is 24.4. The summed E-state index contributed by atoms with van der Waals surface area (Å²) >= 11 is 0. The van der Waals surface area contributed by atoms with Crippen molar-refractivity contribution in [2.75, 3.05) is 0 Å². The molecule has 0 radical (unpaired) electrons. The average molecular weight is 1430 g/mol. The van der Waals surface area contributed by atoms with Crippen molar-refractivity contribution in [2.24, 2.45) is 0 Å². The standard InChI is InChI=1S/C101H104BN7/c1-94(2,3)59-35-41-77-67(47-59)68-48-60(95(4,5)6)36-42-78(68)106(77)87-83(93-104-91(57-31-27-25-28-32-57)103-92(105-93)58-33-29-26-30-34-58)88(107-79-43-37-61(96(7,8)9)49-69(79)70-50-62(97(10,11)12)38-44-80(70)107)90-84-89(87)108-81-45-39-63(98(13,14)15)51-71(81)73-53-65(100(19,20)21)55-75(85(73)108)102(84)76-56-66(101(22,23)24)54-74-72-52-64(99(16,17)18)40-46-82(72)109(90)86(74)76/h25-56H,1-24H3. The molecule has 2 aliphatic heterocycles. The Bertz CT molecular complexity index is 6050. The molecule has 16 aromatic rings. The van der Waals surface area contributed by atoms with Crippen LogP contribution in [0, 0.1) is 0 Å². The minimum atomic E-state index is -0.316. The molecule has 7 heterocycles. The Kier molecular flexibility index (Phi) is 14.9. The average Bonchev–Trinajstić information content (AvgIpc) is 1.54. The molecule has 0 unspecified atom stereocenters. The fourth-order valence-corrected chi connectivity index (χ4v) is 17.9. The highest BCUT2D eigenvalue weighted by Gasteiger charge is 2.48. The van der Waals surface area contributed by atoms with Crippen molar-refractivity contribution < 1.29 is 0 Å². The molecule has 0 fully saturated rings. The summed E-state index contributed by atoms with van der Waals surface area (Å²) in [5.74, 6) is 1.76. The lowest BCUT2D eigenvalue weighted by molar-refractivity contribution is 0.590. The maximum absolute atomic E-state index is 6.18. The van der Waals surface area contributed by atoms with Crippen LogP contribution in [0.2, 0.25) is 0 Å². The van der Waals surface area contributed by atoms with Gasteiger partial charge in [-0.2, -0.15) is 0 Å². The monoisotopic (exact) mass is 1430 g/mol. The number of rotatable bonds is 5. The lowest BCUT2D eigenvalue weighted by Crippen LogP contribution is -2.60. The first-order chi connectivity index (χ1) is 51.1. The van der Waals surface area contributed by atoms with E-state index in [-0.39, 0.29) is 50.0 Å². The van der Waals surface area contributed by atoms with Gasteiger partial charge in [0.1, 0.15) is 0 Å². The molecule has 0 amide bonds. The predicted molar refractivity (Wildman–Crippen MR) is 468 cm³/mol. The maximum atomic E-state index is 6.18. The summed E-state index contributed by atoms with van der Waals surface area (Å²) < 4.78 is 10.9. The van der Waals surface area contributed by atoms with Gasteiger partial charge in [0.25, 0.3) is 6.71 Å². The summed E-state index contributed by atoms with van der Waals surface area (Å²) in [4.78, 5) is 18.0. The lowest BCUT2D eigenvalue weighted by Gasteiger charge is -2.39. The van der Waals surface area contributed by atoms with Crippen molar-refractivity contribution in [3.63, 3.8) is 0 Å². The van der Waals surface area contributed by atoms with Gasteiger partial charge in [0.2, 0.25) is 0 Å². The first-order valence-corrected chi connectivity index (χ1v) is 39.7. The number of nitrogens with zero attached hydrogens (tertiary/aromatic N) is 7. The van der Waals surface area contributed by atoms with Crippen LogP contribution in [0.5, 0.6) is 0 Å². The summed E-state index contributed by atoms with van der Waals surface area (Å²) in [6.07, 6.45) is 0. The highest BCUT2D eigenvalue weighted by molar-refractivity contribution is 7.00. The molecular weight excluding hydrogens is 1320 g/mol. The van der Waals surface area contributed by atoms with Gasteiger partial charge < -0.3 is 18.3 Å². The topological polar surface area (TPSA) is 58.4 Å². The lowest BCUT2D eigenvalue weighted by atomic mass is 9.33. The largest absolute Gasteiger partial charge is 0.308 e. The second-order valence-corrected chi connectivity index (χ2v) is 40.3. The quantitative estimate of drug-likeness (QED) is 0.161. The van der Waals surface area contributed by atoms with Gasteiger partial charge in [0.15, 0.2) is 17.5 Å². The molecule has 7 nitrogen and oxygen atoms in total.